The van der Waals surface area contributed by atoms with Crippen molar-refractivity contribution in [3.05, 3.63) is 58.1 Å². The molecule has 0 saturated carbocycles. The zero-order chi connectivity index (χ0) is 13.8. The first-order chi connectivity index (χ1) is 9.10. The van der Waals surface area contributed by atoms with Crippen LogP contribution >= 0.6 is 15.9 Å². The molecule has 0 aliphatic carbocycles. The van der Waals surface area contributed by atoms with Crippen LogP contribution in [0.2, 0.25) is 0 Å². The Bertz CT molecular complexity index is 568. The number of anilines is 1. The van der Waals surface area contributed by atoms with Gasteiger partial charge in [0.15, 0.2) is 0 Å². The average Bonchev–Trinajstić information content (AvgIpc) is 2.39. The number of phenolic OH excluding ortho intramolecular Hbond substituents is 1. The van der Waals surface area contributed by atoms with Crippen LogP contribution in [-0.2, 0) is 6.54 Å². The molecule has 2 aromatic carbocycles. The molecule has 0 amide bonds. The summed E-state index contributed by atoms with van der Waals surface area (Å²) >= 11 is 3.54. The van der Waals surface area contributed by atoms with E-state index in [0.29, 0.717) is 5.75 Å². The number of benzene rings is 2. The summed E-state index contributed by atoms with van der Waals surface area (Å²) in [6.07, 6.45) is 0. The van der Waals surface area contributed by atoms with Crippen molar-refractivity contribution in [3.8, 4) is 5.75 Å². The highest BCUT2D eigenvalue weighted by atomic mass is 79.9. The molecule has 0 aliphatic rings. The Morgan fingerprint density at radius 3 is 2.63 bits per heavy atom. The molecule has 0 heterocycles. The molecular formula is C16H18BrNO. The van der Waals surface area contributed by atoms with Crippen LogP contribution in [0.1, 0.15) is 18.1 Å². The third kappa shape index (κ3) is 3.51. The lowest BCUT2D eigenvalue weighted by Gasteiger charge is -2.24. The van der Waals surface area contributed by atoms with Crippen molar-refractivity contribution >= 4 is 21.6 Å². The highest BCUT2D eigenvalue weighted by Crippen LogP contribution is 2.25. The van der Waals surface area contributed by atoms with Gasteiger partial charge in [-0.25, -0.2) is 0 Å². The van der Waals surface area contributed by atoms with Crippen LogP contribution in [-0.4, -0.2) is 11.7 Å². The highest BCUT2D eigenvalue weighted by molar-refractivity contribution is 9.10. The molecule has 0 radical (unpaired) electrons. The van der Waals surface area contributed by atoms with Gasteiger partial charge in [-0.1, -0.05) is 28.1 Å². The molecule has 2 aromatic rings. The van der Waals surface area contributed by atoms with Crippen LogP contribution in [0.3, 0.4) is 0 Å². The molecule has 0 aromatic heterocycles. The van der Waals surface area contributed by atoms with Gasteiger partial charge in [0.2, 0.25) is 0 Å². The van der Waals surface area contributed by atoms with E-state index in [-0.39, 0.29) is 0 Å². The standard InChI is InChI=1S/C16H18BrNO/c1-3-18(14-6-4-5-12(2)9-14)11-13-10-15(19)7-8-16(13)17/h4-10,19H,3,11H2,1-2H3. The Morgan fingerprint density at radius 2 is 1.95 bits per heavy atom. The molecule has 3 heteroatoms. The van der Waals surface area contributed by atoms with Gasteiger partial charge < -0.3 is 10.0 Å². The molecule has 0 saturated heterocycles. The van der Waals surface area contributed by atoms with Crippen molar-refractivity contribution in [2.45, 2.75) is 20.4 Å². The quantitative estimate of drug-likeness (QED) is 0.897. The van der Waals surface area contributed by atoms with E-state index in [0.717, 1.165) is 23.1 Å². The topological polar surface area (TPSA) is 23.5 Å². The first-order valence-corrected chi connectivity index (χ1v) is 7.18. The zero-order valence-corrected chi connectivity index (χ0v) is 12.8. The van der Waals surface area contributed by atoms with Gasteiger partial charge in [0.05, 0.1) is 0 Å². The SMILES string of the molecule is CCN(Cc1cc(O)ccc1Br)c1cccc(C)c1. The number of aromatic hydroxyl groups is 1. The van der Waals surface area contributed by atoms with E-state index in [4.69, 9.17) is 0 Å². The van der Waals surface area contributed by atoms with E-state index in [1.165, 1.54) is 11.3 Å². The van der Waals surface area contributed by atoms with Crippen molar-refractivity contribution in [1.29, 1.82) is 0 Å². The maximum atomic E-state index is 9.60. The van der Waals surface area contributed by atoms with Crippen LogP contribution in [0.15, 0.2) is 46.9 Å². The summed E-state index contributed by atoms with van der Waals surface area (Å²) in [7, 11) is 0. The van der Waals surface area contributed by atoms with Gasteiger partial charge in [-0.15, -0.1) is 0 Å². The van der Waals surface area contributed by atoms with Crippen LogP contribution in [0.4, 0.5) is 5.69 Å². The first-order valence-electron chi connectivity index (χ1n) is 6.39. The van der Waals surface area contributed by atoms with E-state index in [9.17, 15) is 5.11 Å². The van der Waals surface area contributed by atoms with E-state index in [1.807, 2.05) is 12.1 Å². The van der Waals surface area contributed by atoms with Gasteiger partial charge in [-0.2, -0.15) is 0 Å². The van der Waals surface area contributed by atoms with Crippen LogP contribution in [0.25, 0.3) is 0 Å². The number of aryl methyl sites for hydroxylation is 1. The highest BCUT2D eigenvalue weighted by Gasteiger charge is 2.08. The Kier molecular flexibility index (Phi) is 4.48. The average molecular weight is 320 g/mol. The van der Waals surface area contributed by atoms with Crippen LogP contribution in [0, 0.1) is 6.92 Å². The number of hydrogen-bond donors (Lipinski definition) is 1. The van der Waals surface area contributed by atoms with Crippen molar-refractivity contribution in [2.24, 2.45) is 0 Å². The van der Waals surface area contributed by atoms with Gasteiger partial charge >= 0.3 is 0 Å². The van der Waals surface area contributed by atoms with Crippen LogP contribution < -0.4 is 4.90 Å². The molecule has 1 N–H and O–H groups in total. The minimum Gasteiger partial charge on any atom is -0.508 e. The third-order valence-electron chi connectivity index (χ3n) is 3.14. The second-order valence-electron chi connectivity index (χ2n) is 4.63. The van der Waals surface area contributed by atoms with Crippen LogP contribution in [0.5, 0.6) is 5.75 Å². The number of hydrogen-bond acceptors (Lipinski definition) is 2. The molecule has 100 valence electrons. The molecule has 0 bridgehead atoms. The van der Waals surface area contributed by atoms with Gasteiger partial charge in [0.1, 0.15) is 5.75 Å². The lowest BCUT2D eigenvalue weighted by Crippen LogP contribution is -2.22. The van der Waals surface area contributed by atoms with E-state index >= 15 is 0 Å². The van der Waals surface area contributed by atoms with E-state index < -0.39 is 0 Å². The number of halogens is 1. The predicted molar refractivity (Wildman–Crippen MR) is 83.7 cm³/mol. The first kappa shape index (κ1) is 13.9. The lowest BCUT2D eigenvalue weighted by molar-refractivity contribution is 0.474. The fraction of sp³-hybridized carbons (Fsp3) is 0.250. The largest absolute Gasteiger partial charge is 0.508 e. The summed E-state index contributed by atoms with van der Waals surface area (Å²) in [6.45, 7) is 5.93. The number of rotatable bonds is 4. The zero-order valence-electron chi connectivity index (χ0n) is 11.2. The predicted octanol–water partition coefficient (Wildman–Crippen LogP) is 4.49. The third-order valence-corrected chi connectivity index (χ3v) is 3.91. The van der Waals surface area contributed by atoms with Crippen molar-refractivity contribution in [2.75, 3.05) is 11.4 Å². The second-order valence-corrected chi connectivity index (χ2v) is 5.48. The van der Waals surface area contributed by atoms with E-state index in [2.05, 4.69) is 58.9 Å². The summed E-state index contributed by atoms with van der Waals surface area (Å²) in [5.74, 6) is 0.304. The van der Waals surface area contributed by atoms with E-state index in [1.54, 1.807) is 6.07 Å². The summed E-state index contributed by atoms with van der Waals surface area (Å²) in [6, 6.07) is 13.9. The Morgan fingerprint density at radius 1 is 1.16 bits per heavy atom. The molecule has 0 spiro atoms. The summed E-state index contributed by atoms with van der Waals surface area (Å²) in [4.78, 5) is 2.28. The monoisotopic (exact) mass is 319 g/mol. The second kappa shape index (κ2) is 6.11. The van der Waals surface area contributed by atoms with Gasteiger partial charge in [0.25, 0.3) is 0 Å². The maximum Gasteiger partial charge on any atom is 0.115 e. The van der Waals surface area contributed by atoms with Gasteiger partial charge in [-0.05, 0) is 55.3 Å². The summed E-state index contributed by atoms with van der Waals surface area (Å²) in [5.41, 5.74) is 3.55. The maximum absolute atomic E-state index is 9.60. The summed E-state index contributed by atoms with van der Waals surface area (Å²) < 4.78 is 1.02. The molecule has 2 nitrogen and oxygen atoms in total. The van der Waals surface area contributed by atoms with Crippen molar-refractivity contribution in [3.63, 3.8) is 0 Å². The molecule has 0 aliphatic heterocycles. The molecule has 0 unspecified atom stereocenters. The lowest BCUT2D eigenvalue weighted by atomic mass is 10.1. The molecule has 0 atom stereocenters. The minimum atomic E-state index is 0.304. The summed E-state index contributed by atoms with van der Waals surface area (Å²) in [5, 5.41) is 9.60. The Hall–Kier alpha value is -1.48. The van der Waals surface area contributed by atoms with Crippen molar-refractivity contribution in [1.82, 2.24) is 0 Å². The van der Waals surface area contributed by atoms with Gasteiger partial charge in [0, 0.05) is 23.2 Å². The van der Waals surface area contributed by atoms with Crippen molar-refractivity contribution < 1.29 is 5.11 Å². The molecular weight excluding hydrogens is 302 g/mol. The molecule has 19 heavy (non-hydrogen) atoms. The normalized spacial score (nSPS) is 10.5. The Balaban J connectivity index is 2.26. The molecule has 2 rings (SSSR count). The van der Waals surface area contributed by atoms with Gasteiger partial charge in [-0.3, -0.25) is 0 Å². The smallest absolute Gasteiger partial charge is 0.115 e. The minimum absolute atomic E-state index is 0.304. The number of phenols is 1. The fourth-order valence-electron chi connectivity index (χ4n) is 2.10. The number of nitrogens with zero attached hydrogens (tertiary/aromatic N) is 1. The fourth-order valence-corrected chi connectivity index (χ4v) is 2.47. The molecule has 0 fully saturated rings. The Labute approximate surface area is 122 Å².